The number of halogens is 2. The number of nitrogens with one attached hydrogen (secondary N) is 1. The summed E-state index contributed by atoms with van der Waals surface area (Å²) in [6.45, 7) is 2.77. The van der Waals surface area contributed by atoms with Gasteiger partial charge in [-0.05, 0) is 44.0 Å². The molecule has 0 aliphatic carbocycles. The van der Waals surface area contributed by atoms with Crippen molar-refractivity contribution in [1.82, 2.24) is 14.9 Å². The van der Waals surface area contributed by atoms with E-state index in [1.165, 1.54) is 17.4 Å². The number of hydrogen-bond acceptors (Lipinski definition) is 6. The van der Waals surface area contributed by atoms with Gasteiger partial charge in [-0.15, -0.1) is 11.3 Å². The summed E-state index contributed by atoms with van der Waals surface area (Å²) >= 11 is 1.52. The highest BCUT2D eigenvalue weighted by molar-refractivity contribution is 7.13. The molecule has 0 radical (unpaired) electrons. The number of carbonyl (C=O) groups excluding carboxylic acids is 1. The molecule has 1 fully saturated rings. The Balaban J connectivity index is 1.41. The number of anilines is 2. The molecule has 2 aromatic heterocycles. The second-order valence-corrected chi connectivity index (χ2v) is 8.32. The average molecular weight is 445 g/mol. The smallest absolute Gasteiger partial charge is 0.260 e. The van der Waals surface area contributed by atoms with Crippen molar-refractivity contribution in [3.8, 4) is 5.75 Å². The van der Waals surface area contributed by atoms with Crippen LogP contribution in [0.1, 0.15) is 30.1 Å². The minimum absolute atomic E-state index is 0.0944. The van der Waals surface area contributed by atoms with E-state index in [4.69, 9.17) is 4.74 Å². The number of aromatic nitrogens is 2. The largest absolute Gasteiger partial charge is 0.481 e. The highest BCUT2D eigenvalue weighted by Crippen LogP contribution is 2.29. The van der Waals surface area contributed by atoms with Crippen molar-refractivity contribution < 1.29 is 18.3 Å². The van der Waals surface area contributed by atoms with Crippen LogP contribution in [0.5, 0.6) is 5.75 Å². The van der Waals surface area contributed by atoms with Gasteiger partial charge in [0.2, 0.25) is 0 Å². The number of rotatable bonds is 6. The molecule has 4 rings (SSSR count). The molecule has 0 spiro atoms. The Morgan fingerprint density at radius 3 is 2.97 bits per heavy atom. The molecule has 162 valence electrons. The fourth-order valence-corrected chi connectivity index (χ4v) is 4.20. The zero-order valence-corrected chi connectivity index (χ0v) is 17.8. The van der Waals surface area contributed by atoms with E-state index in [1.54, 1.807) is 11.1 Å². The van der Waals surface area contributed by atoms with Gasteiger partial charge in [-0.1, -0.05) is 0 Å². The highest BCUT2D eigenvalue weighted by atomic mass is 32.1. The molecule has 1 amide bonds. The van der Waals surface area contributed by atoms with Crippen molar-refractivity contribution in [2.45, 2.75) is 25.7 Å². The van der Waals surface area contributed by atoms with Gasteiger partial charge in [0.1, 0.15) is 5.82 Å². The number of amides is 1. The molecule has 0 saturated carbocycles. The SMILES string of the molecule is Cc1cc(Nc2nccs2)cc([C@H]2CCCN(C(=O)COc3ccc(F)cc3F)C2)n1. The zero-order valence-electron chi connectivity index (χ0n) is 17.0. The average Bonchev–Trinajstić information content (AvgIpc) is 3.25. The summed E-state index contributed by atoms with van der Waals surface area (Å²) in [4.78, 5) is 23.3. The molecule has 1 aromatic carbocycles. The fourth-order valence-electron chi connectivity index (χ4n) is 3.65. The molecule has 0 bridgehead atoms. The molecule has 0 unspecified atom stereocenters. The first-order valence-corrected chi connectivity index (χ1v) is 10.9. The molecule has 31 heavy (non-hydrogen) atoms. The monoisotopic (exact) mass is 444 g/mol. The Kier molecular flexibility index (Phi) is 6.41. The minimum atomic E-state index is -0.825. The van der Waals surface area contributed by atoms with Gasteiger partial charge in [0.15, 0.2) is 23.3 Å². The van der Waals surface area contributed by atoms with Gasteiger partial charge >= 0.3 is 0 Å². The highest BCUT2D eigenvalue weighted by Gasteiger charge is 2.26. The zero-order chi connectivity index (χ0) is 21.8. The molecule has 1 atom stereocenters. The number of piperidine rings is 1. The quantitative estimate of drug-likeness (QED) is 0.599. The second-order valence-electron chi connectivity index (χ2n) is 7.43. The molecular formula is C22H22F2N4O2S. The van der Waals surface area contributed by atoms with E-state index in [2.05, 4.69) is 15.3 Å². The predicted octanol–water partition coefficient (Wildman–Crippen LogP) is 4.65. The molecule has 1 saturated heterocycles. The summed E-state index contributed by atoms with van der Waals surface area (Å²) in [5.41, 5.74) is 2.72. The van der Waals surface area contributed by atoms with E-state index >= 15 is 0 Å². The van der Waals surface area contributed by atoms with Gasteiger partial charge in [0, 0.05) is 53.7 Å². The van der Waals surface area contributed by atoms with Crippen molar-refractivity contribution >= 4 is 28.1 Å². The van der Waals surface area contributed by atoms with Crippen LogP contribution in [-0.4, -0.2) is 40.5 Å². The van der Waals surface area contributed by atoms with E-state index in [9.17, 15) is 13.6 Å². The third kappa shape index (κ3) is 5.35. The third-order valence-corrected chi connectivity index (χ3v) is 5.78. The number of ether oxygens (including phenoxy) is 1. The summed E-state index contributed by atoms with van der Waals surface area (Å²) in [5.74, 6) is -1.79. The molecule has 3 heterocycles. The van der Waals surface area contributed by atoms with Crippen LogP contribution >= 0.6 is 11.3 Å². The number of hydrogen-bond donors (Lipinski definition) is 1. The molecule has 3 aromatic rings. The van der Waals surface area contributed by atoms with Crippen LogP contribution in [-0.2, 0) is 4.79 Å². The van der Waals surface area contributed by atoms with Crippen molar-refractivity contribution in [3.05, 3.63) is 64.9 Å². The van der Waals surface area contributed by atoms with Gasteiger partial charge in [-0.3, -0.25) is 9.78 Å². The number of benzene rings is 1. The first kappa shape index (κ1) is 21.2. The van der Waals surface area contributed by atoms with Crippen LogP contribution in [0.25, 0.3) is 0 Å². The Hall–Kier alpha value is -3.07. The van der Waals surface area contributed by atoms with Gasteiger partial charge in [-0.25, -0.2) is 13.8 Å². The van der Waals surface area contributed by atoms with Crippen molar-refractivity contribution in [2.24, 2.45) is 0 Å². The lowest BCUT2D eigenvalue weighted by atomic mass is 9.93. The summed E-state index contributed by atoms with van der Waals surface area (Å²) in [6, 6.07) is 6.97. The van der Waals surface area contributed by atoms with Crippen LogP contribution < -0.4 is 10.1 Å². The standard InChI is InChI=1S/C22H22F2N4O2S/c1-14-9-17(27-22-25-6-8-31-22)11-19(26-14)15-3-2-7-28(12-15)21(29)13-30-20-5-4-16(23)10-18(20)24/h4-6,8-11,15H,2-3,7,12-13H2,1H3,(H,25,26,27)/t15-/m0/s1. The van der Waals surface area contributed by atoms with E-state index in [1.807, 2.05) is 24.4 Å². The number of thiazole rings is 1. The summed E-state index contributed by atoms with van der Waals surface area (Å²) in [6.07, 6.45) is 3.50. The van der Waals surface area contributed by atoms with Crippen LogP contribution in [0.2, 0.25) is 0 Å². The van der Waals surface area contributed by atoms with Gasteiger partial charge in [0.25, 0.3) is 5.91 Å². The lowest BCUT2D eigenvalue weighted by Crippen LogP contribution is -2.41. The van der Waals surface area contributed by atoms with Crippen molar-refractivity contribution in [1.29, 1.82) is 0 Å². The summed E-state index contributed by atoms with van der Waals surface area (Å²) < 4.78 is 32.0. The Morgan fingerprint density at radius 2 is 2.19 bits per heavy atom. The fraction of sp³-hybridized carbons (Fsp3) is 0.318. The van der Waals surface area contributed by atoms with E-state index in [0.29, 0.717) is 13.1 Å². The maximum atomic E-state index is 13.7. The first-order valence-electron chi connectivity index (χ1n) is 9.98. The van der Waals surface area contributed by atoms with Crippen LogP contribution in [0.4, 0.5) is 19.6 Å². The number of pyridine rings is 1. The number of carbonyl (C=O) groups is 1. The van der Waals surface area contributed by atoms with E-state index in [0.717, 1.165) is 47.2 Å². The minimum Gasteiger partial charge on any atom is -0.481 e. The second kappa shape index (κ2) is 9.38. The molecule has 1 N–H and O–H groups in total. The normalized spacial score (nSPS) is 16.2. The van der Waals surface area contributed by atoms with E-state index in [-0.39, 0.29) is 24.2 Å². The maximum Gasteiger partial charge on any atom is 0.260 e. The number of likely N-dealkylation sites (tertiary alicyclic amines) is 1. The Bertz CT molecular complexity index is 1060. The maximum absolute atomic E-state index is 13.7. The third-order valence-electron chi connectivity index (χ3n) is 5.09. The Morgan fingerprint density at radius 1 is 1.32 bits per heavy atom. The van der Waals surface area contributed by atoms with E-state index < -0.39 is 11.6 Å². The van der Waals surface area contributed by atoms with Crippen LogP contribution in [0, 0.1) is 18.6 Å². The summed E-state index contributed by atoms with van der Waals surface area (Å²) in [7, 11) is 0. The van der Waals surface area contributed by atoms with Crippen molar-refractivity contribution in [2.75, 3.05) is 25.0 Å². The first-order chi connectivity index (χ1) is 15.0. The molecule has 6 nitrogen and oxygen atoms in total. The molecular weight excluding hydrogens is 422 g/mol. The molecule has 1 aliphatic rings. The van der Waals surface area contributed by atoms with Crippen LogP contribution in [0.3, 0.4) is 0 Å². The molecule has 1 aliphatic heterocycles. The summed E-state index contributed by atoms with van der Waals surface area (Å²) in [5, 5.41) is 6.00. The lowest BCUT2D eigenvalue weighted by molar-refractivity contribution is -0.134. The van der Waals surface area contributed by atoms with Gasteiger partial charge in [-0.2, -0.15) is 0 Å². The van der Waals surface area contributed by atoms with Gasteiger partial charge in [0.05, 0.1) is 0 Å². The van der Waals surface area contributed by atoms with Crippen molar-refractivity contribution in [3.63, 3.8) is 0 Å². The van der Waals surface area contributed by atoms with Crippen LogP contribution in [0.15, 0.2) is 41.9 Å². The topological polar surface area (TPSA) is 67.4 Å². The number of nitrogens with zero attached hydrogens (tertiary/aromatic N) is 3. The van der Waals surface area contributed by atoms with Gasteiger partial charge < -0.3 is 15.0 Å². The molecule has 9 heteroatoms. The predicted molar refractivity (Wildman–Crippen MR) is 115 cm³/mol. The lowest BCUT2D eigenvalue weighted by Gasteiger charge is -2.32. The Labute approximate surface area is 182 Å². The number of aryl methyl sites for hydroxylation is 1.